The lowest BCUT2D eigenvalue weighted by Crippen LogP contribution is -2.31. The summed E-state index contributed by atoms with van der Waals surface area (Å²) >= 11 is 1.27. The van der Waals surface area contributed by atoms with E-state index < -0.39 is 11.4 Å². The number of hydrogen-bond acceptors (Lipinski definition) is 5. The summed E-state index contributed by atoms with van der Waals surface area (Å²) in [5.74, 6) is 0.309. The van der Waals surface area contributed by atoms with Gasteiger partial charge in [0.15, 0.2) is 10.8 Å². The van der Waals surface area contributed by atoms with Gasteiger partial charge in [-0.05, 0) is 46.2 Å². The van der Waals surface area contributed by atoms with Crippen LogP contribution in [0.3, 0.4) is 0 Å². The first-order chi connectivity index (χ1) is 10.7. The molecule has 0 saturated heterocycles. The quantitative estimate of drug-likeness (QED) is 0.845. The maximum Gasteiger partial charge on any atom is 0.309 e. The number of rotatable bonds is 6. The first kappa shape index (κ1) is 17.2. The molecule has 0 radical (unpaired) electrons. The number of aromatic nitrogens is 1. The summed E-state index contributed by atoms with van der Waals surface area (Å²) in [7, 11) is 0. The van der Waals surface area contributed by atoms with Crippen molar-refractivity contribution in [3.8, 4) is 10.8 Å². The van der Waals surface area contributed by atoms with Gasteiger partial charge in [0.1, 0.15) is 10.6 Å². The predicted molar refractivity (Wildman–Crippen MR) is 87.7 cm³/mol. The molecule has 0 atom stereocenters. The summed E-state index contributed by atoms with van der Waals surface area (Å²) in [6.07, 6.45) is 0.357. The van der Waals surface area contributed by atoms with Crippen molar-refractivity contribution in [3.05, 3.63) is 28.5 Å². The van der Waals surface area contributed by atoms with Crippen molar-refractivity contribution < 1.29 is 19.1 Å². The van der Waals surface area contributed by atoms with E-state index in [-0.39, 0.29) is 5.91 Å². The molecule has 2 heterocycles. The second-order valence-electron chi connectivity index (χ2n) is 6.04. The fourth-order valence-corrected chi connectivity index (χ4v) is 2.88. The predicted octanol–water partition coefficient (Wildman–Crippen LogP) is 3.25. The molecule has 2 aromatic heterocycles. The van der Waals surface area contributed by atoms with Crippen LogP contribution in [0.1, 0.15) is 41.4 Å². The SMILES string of the molecule is Cc1ccc(-c2nc(C)c(C(=O)NCCC(C)(C)C(=O)O)s2)o1. The molecular weight excluding hydrogens is 316 g/mol. The van der Waals surface area contributed by atoms with Gasteiger partial charge in [0.05, 0.1) is 11.1 Å². The Morgan fingerprint density at radius 2 is 2.04 bits per heavy atom. The van der Waals surface area contributed by atoms with Crippen LogP contribution in [-0.4, -0.2) is 28.5 Å². The lowest BCUT2D eigenvalue weighted by atomic mass is 9.90. The van der Waals surface area contributed by atoms with E-state index in [0.29, 0.717) is 34.3 Å². The monoisotopic (exact) mass is 336 g/mol. The number of thiazole rings is 1. The van der Waals surface area contributed by atoms with E-state index in [9.17, 15) is 9.59 Å². The van der Waals surface area contributed by atoms with Gasteiger partial charge >= 0.3 is 5.97 Å². The summed E-state index contributed by atoms with van der Waals surface area (Å²) in [5, 5.41) is 12.5. The van der Waals surface area contributed by atoms with E-state index in [1.807, 2.05) is 19.1 Å². The molecule has 0 unspecified atom stereocenters. The summed E-state index contributed by atoms with van der Waals surface area (Å²) in [6, 6.07) is 3.67. The number of aliphatic carboxylic acids is 1. The molecule has 0 bridgehead atoms. The van der Waals surface area contributed by atoms with Gasteiger partial charge in [-0.3, -0.25) is 9.59 Å². The first-order valence-electron chi connectivity index (χ1n) is 7.26. The van der Waals surface area contributed by atoms with Gasteiger partial charge in [-0.25, -0.2) is 4.98 Å². The Morgan fingerprint density at radius 1 is 1.35 bits per heavy atom. The number of aryl methyl sites for hydroxylation is 2. The number of carbonyl (C=O) groups is 2. The highest BCUT2D eigenvalue weighted by atomic mass is 32.1. The molecular formula is C16H20N2O4S. The normalized spacial score (nSPS) is 11.5. The molecule has 2 aromatic rings. The molecule has 0 aliphatic carbocycles. The van der Waals surface area contributed by atoms with Crippen LogP contribution in [-0.2, 0) is 4.79 Å². The van der Waals surface area contributed by atoms with Crippen LogP contribution in [0.5, 0.6) is 0 Å². The van der Waals surface area contributed by atoms with Crippen molar-refractivity contribution >= 4 is 23.2 Å². The Morgan fingerprint density at radius 3 is 2.61 bits per heavy atom. The van der Waals surface area contributed by atoms with Crippen LogP contribution in [0, 0.1) is 19.3 Å². The van der Waals surface area contributed by atoms with Crippen molar-refractivity contribution in [2.75, 3.05) is 6.54 Å². The van der Waals surface area contributed by atoms with Gasteiger partial charge in [0.2, 0.25) is 0 Å². The third kappa shape index (κ3) is 3.98. The van der Waals surface area contributed by atoms with E-state index in [0.717, 1.165) is 5.76 Å². The number of carboxylic acids is 1. The smallest absolute Gasteiger partial charge is 0.309 e. The maximum absolute atomic E-state index is 12.3. The minimum Gasteiger partial charge on any atom is -0.481 e. The number of carbonyl (C=O) groups excluding carboxylic acids is 1. The lowest BCUT2D eigenvalue weighted by molar-refractivity contribution is -0.147. The van der Waals surface area contributed by atoms with E-state index in [1.165, 1.54) is 11.3 Å². The number of nitrogens with one attached hydrogen (secondary N) is 1. The van der Waals surface area contributed by atoms with Crippen molar-refractivity contribution in [2.24, 2.45) is 5.41 Å². The van der Waals surface area contributed by atoms with Crippen LogP contribution < -0.4 is 5.32 Å². The minimum atomic E-state index is -0.879. The van der Waals surface area contributed by atoms with Gasteiger partial charge in [-0.2, -0.15) is 0 Å². The van der Waals surface area contributed by atoms with Gasteiger partial charge < -0.3 is 14.8 Å². The van der Waals surface area contributed by atoms with E-state index in [1.54, 1.807) is 20.8 Å². The molecule has 2 N–H and O–H groups in total. The molecule has 6 nitrogen and oxygen atoms in total. The molecule has 0 spiro atoms. The molecule has 0 aliphatic heterocycles. The highest BCUT2D eigenvalue weighted by molar-refractivity contribution is 7.17. The van der Waals surface area contributed by atoms with Crippen LogP contribution in [0.4, 0.5) is 0 Å². The topological polar surface area (TPSA) is 92.4 Å². The molecule has 1 amide bonds. The zero-order valence-corrected chi connectivity index (χ0v) is 14.4. The number of amides is 1. The molecule has 0 aliphatic rings. The fraction of sp³-hybridized carbons (Fsp3) is 0.438. The zero-order chi connectivity index (χ0) is 17.2. The fourth-order valence-electron chi connectivity index (χ4n) is 1.94. The summed E-state index contributed by atoms with van der Waals surface area (Å²) < 4.78 is 5.52. The van der Waals surface area contributed by atoms with Gasteiger partial charge in [-0.15, -0.1) is 11.3 Å². The van der Waals surface area contributed by atoms with Crippen LogP contribution in [0.25, 0.3) is 10.8 Å². The largest absolute Gasteiger partial charge is 0.481 e. The Kier molecular flexibility index (Phi) is 4.89. The first-order valence-corrected chi connectivity index (χ1v) is 8.08. The second-order valence-corrected chi connectivity index (χ2v) is 7.04. The third-order valence-electron chi connectivity index (χ3n) is 3.57. The second kappa shape index (κ2) is 6.54. The molecule has 0 fully saturated rings. The number of hydrogen-bond donors (Lipinski definition) is 2. The highest BCUT2D eigenvalue weighted by Gasteiger charge is 2.27. The minimum absolute atomic E-state index is 0.240. The number of carboxylic acid groups (broad SMARTS) is 1. The molecule has 23 heavy (non-hydrogen) atoms. The average molecular weight is 336 g/mol. The summed E-state index contributed by atoms with van der Waals surface area (Å²) in [5.41, 5.74) is -0.235. The van der Waals surface area contributed by atoms with E-state index in [4.69, 9.17) is 9.52 Å². The molecule has 124 valence electrons. The van der Waals surface area contributed by atoms with Gasteiger partial charge in [0.25, 0.3) is 5.91 Å². The van der Waals surface area contributed by atoms with Crippen LogP contribution in [0.2, 0.25) is 0 Å². The van der Waals surface area contributed by atoms with Gasteiger partial charge in [-0.1, -0.05) is 0 Å². The number of furan rings is 1. The van der Waals surface area contributed by atoms with Crippen molar-refractivity contribution in [1.29, 1.82) is 0 Å². The molecule has 7 heteroatoms. The van der Waals surface area contributed by atoms with Crippen molar-refractivity contribution in [2.45, 2.75) is 34.1 Å². The van der Waals surface area contributed by atoms with Crippen molar-refractivity contribution in [1.82, 2.24) is 10.3 Å². The van der Waals surface area contributed by atoms with Gasteiger partial charge in [0, 0.05) is 6.54 Å². The molecule has 0 aromatic carbocycles. The van der Waals surface area contributed by atoms with Crippen LogP contribution >= 0.6 is 11.3 Å². The number of nitrogens with zero attached hydrogens (tertiary/aromatic N) is 1. The molecule has 0 saturated carbocycles. The zero-order valence-electron chi connectivity index (χ0n) is 13.6. The third-order valence-corrected chi connectivity index (χ3v) is 4.74. The summed E-state index contributed by atoms with van der Waals surface area (Å²) in [4.78, 5) is 28.2. The Labute approximate surface area is 138 Å². The van der Waals surface area contributed by atoms with Crippen molar-refractivity contribution in [3.63, 3.8) is 0 Å². The Balaban J connectivity index is 2.03. The Bertz CT molecular complexity index is 730. The van der Waals surface area contributed by atoms with Crippen LogP contribution in [0.15, 0.2) is 16.5 Å². The molecule has 2 rings (SSSR count). The lowest BCUT2D eigenvalue weighted by Gasteiger charge is -2.18. The average Bonchev–Trinajstić information content (AvgIpc) is 3.04. The van der Waals surface area contributed by atoms with E-state index >= 15 is 0 Å². The summed E-state index contributed by atoms with van der Waals surface area (Å²) in [6.45, 7) is 7.19. The standard InChI is InChI=1S/C16H20N2O4S/c1-9-5-6-11(22-9)14-18-10(2)12(23-14)13(19)17-8-7-16(3,4)15(20)21/h5-6H,7-8H2,1-4H3,(H,17,19)(H,20,21). The van der Waals surface area contributed by atoms with E-state index in [2.05, 4.69) is 10.3 Å². The maximum atomic E-state index is 12.3. The Hall–Kier alpha value is -2.15. The highest BCUT2D eigenvalue weighted by Crippen LogP contribution is 2.29.